The Bertz CT molecular complexity index is 970. The van der Waals surface area contributed by atoms with E-state index >= 15 is 0 Å². The summed E-state index contributed by atoms with van der Waals surface area (Å²) in [7, 11) is 0. The Morgan fingerprint density at radius 2 is 1.74 bits per heavy atom. The van der Waals surface area contributed by atoms with Crippen LogP contribution in [-0.4, -0.2) is 28.1 Å². The highest BCUT2D eigenvalue weighted by Gasteiger charge is 2.51. The van der Waals surface area contributed by atoms with Crippen LogP contribution in [0.15, 0.2) is 47.5 Å². The Hall–Kier alpha value is -2.34. The van der Waals surface area contributed by atoms with Gasteiger partial charge in [-0.2, -0.15) is 0 Å². The molecule has 2 aromatic rings. The minimum absolute atomic E-state index is 0.0302. The van der Waals surface area contributed by atoms with Crippen LogP contribution in [0.3, 0.4) is 0 Å². The largest absolute Gasteiger partial charge is 0.350 e. The van der Waals surface area contributed by atoms with Crippen molar-refractivity contribution in [2.75, 3.05) is 11.1 Å². The number of nitrogens with zero attached hydrogens (tertiary/aromatic N) is 1. The van der Waals surface area contributed by atoms with Gasteiger partial charge in [0, 0.05) is 28.0 Å². The molecule has 6 heteroatoms. The molecule has 0 saturated heterocycles. The summed E-state index contributed by atoms with van der Waals surface area (Å²) in [5.41, 5.74) is 2.19. The first kappa shape index (κ1) is 20.6. The number of aryl methyl sites for hydroxylation is 1. The molecule has 1 heterocycles. The van der Waals surface area contributed by atoms with E-state index in [2.05, 4.69) is 15.6 Å². The normalized spacial score (nSPS) is 28.4. The van der Waals surface area contributed by atoms with Gasteiger partial charge in [-0.05, 0) is 87.5 Å². The highest BCUT2D eigenvalue weighted by molar-refractivity contribution is 8.00. The van der Waals surface area contributed by atoms with E-state index in [-0.39, 0.29) is 17.4 Å². The lowest BCUT2D eigenvalue weighted by Gasteiger charge is -2.56. The fraction of sp³-hybridized carbons (Fsp3) is 0.480. The number of thioether (sulfide) groups is 1. The molecule has 2 N–H and O–H groups in total. The van der Waals surface area contributed by atoms with Crippen molar-refractivity contribution in [3.63, 3.8) is 0 Å². The summed E-state index contributed by atoms with van der Waals surface area (Å²) in [6.07, 6.45) is 9.23. The van der Waals surface area contributed by atoms with Gasteiger partial charge in [0.15, 0.2) is 0 Å². The SMILES string of the molecule is Cc1cc(NC(=O)c2ccccc2SCC(=O)NC23CC4CC(CC(C4)C2)C3)ccn1. The van der Waals surface area contributed by atoms with Gasteiger partial charge in [-0.25, -0.2) is 0 Å². The second kappa shape index (κ2) is 8.30. The molecule has 0 aliphatic heterocycles. The summed E-state index contributed by atoms with van der Waals surface area (Å²) in [6, 6.07) is 11.1. The summed E-state index contributed by atoms with van der Waals surface area (Å²) >= 11 is 1.44. The number of hydrogen-bond donors (Lipinski definition) is 2. The summed E-state index contributed by atoms with van der Waals surface area (Å²) in [4.78, 5) is 30.7. The molecule has 1 aromatic carbocycles. The Labute approximate surface area is 187 Å². The van der Waals surface area contributed by atoms with E-state index in [9.17, 15) is 9.59 Å². The van der Waals surface area contributed by atoms with Crippen LogP contribution >= 0.6 is 11.8 Å². The third-order valence-electron chi connectivity index (χ3n) is 7.09. The van der Waals surface area contributed by atoms with Crippen LogP contribution in [0, 0.1) is 24.7 Å². The third kappa shape index (κ3) is 4.49. The summed E-state index contributed by atoms with van der Waals surface area (Å²) < 4.78 is 0. The Balaban J connectivity index is 1.22. The second-order valence-corrected chi connectivity index (χ2v) is 10.7. The summed E-state index contributed by atoms with van der Waals surface area (Å²) in [5, 5.41) is 6.36. The van der Waals surface area contributed by atoms with Crippen molar-refractivity contribution in [3.8, 4) is 0 Å². The minimum Gasteiger partial charge on any atom is -0.350 e. The lowest BCUT2D eigenvalue weighted by Crippen LogP contribution is -2.60. The van der Waals surface area contributed by atoms with Crippen molar-refractivity contribution in [2.24, 2.45) is 17.8 Å². The van der Waals surface area contributed by atoms with Crippen molar-refractivity contribution in [1.29, 1.82) is 0 Å². The highest BCUT2D eigenvalue weighted by atomic mass is 32.2. The zero-order valence-corrected chi connectivity index (χ0v) is 18.7. The monoisotopic (exact) mass is 435 g/mol. The maximum atomic E-state index is 12.9. The molecule has 6 rings (SSSR count). The number of pyridine rings is 1. The van der Waals surface area contributed by atoms with Gasteiger partial charge in [0.05, 0.1) is 11.3 Å². The zero-order valence-electron chi connectivity index (χ0n) is 17.9. The van der Waals surface area contributed by atoms with E-state index in [0.717, 1.165) is 53.3 Å². The minimum atomic E-state index is -0.171. The van der Waals surface area contributed by atoms with Crippen molar-refractivity contribution < 1.29 is 9.59 Å². The van der Waals surface area contributed by atoms with E-state index < -0.39 is 0 Å². The number of amides is 2. The van der Waals surface area contributed by atoms with Crippen LogP contribution in [0.2, 0.25) is 0 Å². The van der Waals surface area contributed by atoms with Gasteiger partial charge in [0.25, 0.3) is 5.91 Å². The van der Waals surface area contributed by atoms with Crippen LogP contribution < -0.4 is 10.6 Å². The van der Waals surface area contributed by atoms with Gasteiger partial charge in [0.2, 0.25) is 5.91 Å². The molecule has 2 amide bonds. The molecule has 4 aliphatic carbocycles. The second-order valence-electron chi connectivity index (χ2n) is 9.67. The average molecular weight is 436 g/mol. The van der Waals surface area contributed by atoms with Crippen LogP contribution in [-0.2, 0) is 4.79 Å². The molecule has 0 spiro atoms. The van der Waals surface area contributed by atoms with Crippen LogP contribution in [0.5, 0.6) is 0 Å². The van der Waals surface area contributed by atoms with Crippen molar-refractivity contribution in [2.45, 2.75) is 55.9 Å². The van der Waals surface area contributed by atoms with E-state index in [1.165, 1.54) is 31.0 Å². The molecular formula is C25H29N3O2S. The van der Waals surface area contributed by atoms with Gasteiger partial charge >= 0.3 is 0 Å². The number of carbonyl (C=O) groups excluding carboxylic acids is 2. The number of nitrogens with one attached hydrogen (secondary N) is 2. The molecule has 4 bridgehead atoms. The lowest BCUT2D eigenvalue weighted by molar-refractivity contribution is -0.124. The van der Waals surface area contributed by atoms with E-state index in [0.29, 0.717) is 11.3 Å². The topological polar surface area (TPSA) is 71.1 Å². The number of hydrogen-bond acceptors (Lipinski definition) is 4. The van der Waals surface area contributed by atoms with Gasteiger partial charge in [-0.1, -0.05) is 12.1 Å². The van der Waals surface area contributed by atoms with E-state index in [1.54, 1.807) is 12.3 Å². The van der Waals surface area contributed by atoms with Crippen molar-refractivity contribution in [1.82, 2.24) is 10.3 Å². The molecule has 0 atom stereocenters. The lowest BCUT2D eigenvalue weighted by atomic mass is 9.53. The Morgan fingerprint density at radius 1 is 1.06 bits per heavy atom. The molecule has 162 valence electrons. The number of carbonyl (C=O) groups is 2. The molecule has 0 unspecified atom stereocenters. The number of benzene rings is 1. The molecule has 1 aromatic heterocycles. The highest BCUT2D eigenvalue weighted by Crippen LogP contribution is 2.55. The molecule has 4 saturated carbocycles. The van der Waals surface area contributed by atoms with Gasteiger partial charge in [0.1, 0.15) is 0 Å². The predicted molar refractivity (Wildman–Crippen MR) is 123 cm³/mol. The fourth-order valence-corrected chi connectivity index (χ4v) is 7.19. The smallest absolute Gasteiger partial charge is 0.256 e. The third-order valence-corrected chi connectivity index (χ3v) is 8.16. The first-order valence-electron chi connectivity index (χ1n) is 11.2. The van der Waals surface area contributed by atoms with Gasteiger partial charge in [-0.3, -0.25) is 14.6 Å². The molecule has 5 nitrogen and oxygen atoms in total. The first-order chi connectivity index (χ1) is 15.0. The predicted octanol–water partition coefficient (Wildman–Crippen LogP) is 4.82. The maximum Gasteiger partial charge on any atom is 0.256 e. The first-order valence-corrected chi connectivity index (χ1v) is 12.2. The molecule has 0 radical (unpaired) electrons. The fourth-order valence-electron chi connectivity index (χ4n) is 6.34. The van der Waals surface area contributed by atoms with Crippen LogP contribution in [0.1, 0.15) is 54.6 Å². The molecule has 4 aliphatic rings. The van der Waals surface area contributed by atoms with Gasteiger partial charge < -0.3 is 10.6 Å². The number of rotatable bonds is 6. The van der Waals surface area contributed by atoms with Crippen molar-refractivity contribution in [3.05, 3.63) is 53.9 Å². The number of aromatic nitrogens is 1. The molecule has 4 fully saturated rings. The summed E-state index contributed by atoms with van der Waals surface area (Å²) in [5.74, 6) is 2.67. The summed E-state index contributed by atoms with van der Waals surface area (Å²) in [6.45, 7) is 1.89. The Morgan fingerprint density at radius 3 is 2.42 bits per heavy atom. The van der Waals surface area contributed by atoms with Crippen LogP contribution in [0.25, 0.3) is 0 Å². The standard InChI is InChI=1S/C25H29N3O2S/c1-16-8-20(6-7-26-16)27-24(30)21-4-2-3-5-22(21)31-15-23(29)28-25-12-17-9-18(13-25)11-19(10-17)14-25/h2-8,17-19H,9-15H2,1H3,(H,28,29)(H,26,27,30). The van der Waals surface area contributed by atoms with E-state index in [4.69, 9.17) is 0 Å². The van der Waals surface area contributed by atoms with Gasteiger partial charge in [-0.15, -0.1) is 11.8 Å². The maximum absolute atomic E-state index is 12.9. The Kier molecular flexibility index (Phi) is 5.51. The van der Waals surface area contributed by atoms with Crippen LogP contribution in [0.4, 0.5) is 5.69 Å². The molecular weight excluding hydrogens is 406 g/mol. The number of anilines is 1. The average Bonchev–Trinajstić information content (AvgIpc) is 2.71. The van der Waals surface area contributed by atoms with Crippen molar-refractivity contribution >= 4 is 29.3 Å². The van der Waals surface area contributed by atoms with E-state index in [1.807, 2.05) is 37.3 Å². The quantitative estimate of drug-likeness (QED) is 0.638. The zero-order chi connectivity index (χ0) is 21.4. The molecule has 31 heavy (non-hydrogen) atoms.